The van der Waals surface area contributed by atoms with Gasteiger partial charge in [-0.05, 0) is 31.2 Å². The van der Waals surface area contributed by atoms with E-state index in [-0.39, 0.29) is 11.5 Å². The van der Waals surface area contributed by atoms with E-state index in [1.165, 1.54) is 0 Å². The second-order valence-corrected chi connectivity index (χ2v) is 7.08. The third-order valence-electron chi connectivity index (χ3n) is 4.79. The molecule has 4 rings (SSSR count). The predicted molar refractivity (Wildman–Crippen MR) is 102 cm³/mol. The molecule has 1 aliphatic heterocycles. The number of hydrogen-bond acceptors (Lipinski definition) is 5. The maximum Gasteiger partial charge on any atom is 0.251 e. The van der Waals surface area contributed by atoms with Crippen LogP contribution >= 0.6 is 0 Å². The molecule has 140 valence electrons. The Morgan fingerprint density at radius 1 is 1.22 bits per heavy atom. The summed E-state index contributed by atoms with van der Waals surface area (Å²) >= 11 is 0. The average molecular weight is 365 g/mol. The third-order valence-corrected chi connectivity index (χ3v) is 4.79. The molecular weight excluding hydrogens is 342 g/mol. The van der Waals surface area contributed by atoms with E-state index in [9.17, 15) is 4.79 Å². The number of benzene rings is 1. The zero-order chi connectivity index (χ0) is 18.6. The van der Waals surface area contributed by atoms with Crippen molar-refractivity contribution in [1.82, 2.24) is 14.9 Å². The van der Waals surface area contributed by atoms with Gasteiger partial charge in [-0.1, -0.05) is 18.2 Å². The van der Waals surface area contributed by atoms with Crippen LogP contribution in [0, 0.1) is 0 Å². The van der Waals surface area contributed by atoms with E-state index < -0.39 is 0 Å². The molecule has 1 atom stereocenters. The van der Waals surface area contributed by atoms with Crippen molar-refractivity contribution in [2.24, 2.45) is 0 Å². The fourth-order valence-corrected chi connectivity index (χ4v) is 3.47. The minimum Gasteiger partial charge on any atom is -0.472 e. The van der Waals surface area contributed by atoms with Gasteiger partial charge in [-0.15, -0.1) is 0 Å². The van der Waals surface area contributed by atoms with Crippen LogP contribution < -0.4 is 5.56 Å². The van der Waals surface area contributed by atoms with Crippen LogP contribution in [0.15, 0.2) is 58.1 Å². The normalized spacial score (nSPS) is 16.9. The Hall–Kier alpha value is -2.70. The van der Waals surface area contributed by atoms with Crippen LogP contribution in [0.2, 0.25) is 0 Å². The van der Waals surface area contributed by atoms with Gasteiger partial charge in [-0.25, -0.2) is 4.98 Å². The van der Waals surface area contributed by atoms with Crippen molar-refractivity contribution in [2.45, 2.75) is 25.4 Å². The Morgan fingerprint density at radius 2 is 2.11 bits per heavy atom. The lowest BCUT2D eigenvalue weighted by molar-refractivity contribution is 0.193. The Balaban J connectivity index is 1.54. The van der Waals surface area contributed by atoms with Crippen molar-refractivity contribution < 1.29 is 9.15 Å². The molecule has 1 fully saturated rings. The fourth-order valence-electron chi connectivity index (χ4n) is 3.47. The Labute approximate surface area is 157 Å². The highest BCUT2D eigenvalue weighted by Crippen LogP contribution is 2.24. The van der Waals surface area contributed by atoms with Gasteiger partial charge in [0, 0.05) is 42.8 Å². The first-order valence-corrected chi connectivity index (χ1v) is 9.15. The first-order chi connectivity index (χ1) is 13.2. The second kappa shape index (κ2) is 7.90. The lowest BCUT2D eigenvalue weighted by Gasteiger charge is -2.16. The number of ether oxygens (including phenoxy) is 1. The maximum atomic E-state index is 12.1. The van der Waals surface area contributed by atoms with E-state index >= 15 is 0 Å². The van der Waals surface area contributed by atoms with Crippen LogP contribution in [0.1, 0.15) is 29.2 Å². The highest BCUT2D eigenvalue weighted by molar-refractivity contribution is 5.56. The van der Waals surface area contributed by atoms with Gasteiger partial charge in [0.2, 0.25) is 0 Å². The first kappa shape index (κ1) is 17.7. The minimum atomic E-state index is -0.121. The molecular formula is C21H23N3O3. The van der Waals surface area contributed by atoms with Gasteiger partial charge in [0.25, 0.3) is 5.56 Å². The van der Waals surface area contributed by atoms with E-state index in [1.807, 2.05) is 18.2 Å². The summed E-state index contributed by atoms with van der Waals surface area (Å²) in [4.78, 5) is 21.9. The quantitative estimate of drug-likeness (QED) is 0.726. The molecule has 3 aromatic rings. The lowest BCUT2D eigenvalue weighted by atomic mass is 10.0. The standard InChI is InChI=1S/C21H23N3O3/c1-24(12-16-5-7-26-13-16)11-15-3-2-4-17(9-15)21-22-19(10-20(25)23-21)18-6-8-27-14-18/h2-5,7,9-10,13,18H,6,8,11-12,14H2,1H3,(H,22,23,25). The predicted octanol–water partition coefficient (Wildman–Crippen LogP) is 3.17. The number of aromatic nitrogens is 2. The molecule has 3 heterocycles. The number of nitrogens with one attached hydrogen (secondary N) is 1. The summed E-state index contributed by atoms with van der Waals surface area (Å²) in [5.74, 6) is 0.819. The molecule has 2 aromatic heterocycles. The summed E-state index contributed by atoms with van der Waals surface area (Å²) in [6.45, 7) is 2.97. The number of aromatic amines is 1. The number of furan rings is 1. The van der Waals surface area contributed by atoms with Crippen molar-refractivity contribution in [3.63, 3.8) is 0 Å². The summed E-state index contributed by atoms with van der Waals surface area (Å²) in [6.07, 6.45) is 4.36. The molecule has 27 heavy (non-hydrogen) atoms. The number of nitrogens with zero attached hydrogens (tertiary/aromatic N) is 2. The fraction of sp³-hybridized carbons (Fsp3) is 0.333. The average Bonchev–Trinajstić information content (AvgIpc) is 3.35. The highest BCUT2D eigenvalue weighted by atomic mass is 16.5. The van der Waals surface area contributed by atoms with Gasteiger partial charge in [0.15, 0.2) is 0 Å². The summed E-state index contributed by atoms with van der Waals surface area (Å²) in [5, 5.41) is 0. The van der Waals surface area contributed by atoms with E-state index in [0.29, 0.717) is 12.4 Å². The van der Waals surface area contributed by atoms with Crippen molar-refractivity contribution in [2.75, 3.05) is 20.3 Å². The molecule has 1 saturated heterocycles. The van der Waals surface area contributed by atoms with Crippen molar-refractivity contribution >= 4 is 0 Å². The summed E-state index contributed by atoms with van der Waals surface area (Å²) < 4.78 is 10.6. The summed E-state index contributed by atoms with van der Waals surface area (Å²) in [7, 11) is 2.07. The highest BCUT2D eigenvalue weighted by Gasteiger charge is 2.20. The Kier molecular flexibility index (Phi) is 5.18. The first-order valence-electron chi connectivity index (χ1n) is 9.15. The van der Waals surface area contributed by atoms with Crippen molar-refractivity contribution in [1.29, 1.82) is 0 Å². The second-order valence-electron chi connectivity index (χ2n) is 7.08. The van der Waals surface area contributed by atoms with E-state index in [0.717, 1.165) is 48.5 Å². The number of rotatable bonds is 6. The molecule has 0 amide bonds. The zero-order valence-corrected chi connectivity index (χ0v) is 15.4. The molecule has 1 unspecified atom stereocenters. The summed E-state index contributed by atoms with van der Waals surface area (Å²) in [5.41, 5.74) is 3.92. The lowest BCUT2D eigenvalue weighted by Crippen LogP contribution is -2.17. The van der Waals surface area contributed by atoms with Gasteiger partial charge in [0.1, 0.15) is 5.82 Å². The van der Waals surface area contributed by atoms with Crippen molar-refractivity contribution in [3.8, 4) is 11.4 Å². The molecule has 0 aliphatic carbocycles. The third kappa shape index (κ3) is 4.35. The van der Waals surface area contributed by atoms with Gasteiger partial charge in [-0.2, -0.15) is 0 Å². The molecule has 6 nitrogen and oxygen atoms in total. The van der Waals surface area contributed by atoms with Crippen molar-refractivity contribution in [3.05, 3.63) is 76.1 Å². The molecule has 0 spiro atoms. The van der Waals surface area contributed by atoms with Crippen LogP contribution in [0.3, 0.4) is 0 Å². The van der Waals surface area contributed by atoms with Gasteiger partial charge in [-0.3, -0.25) is 9.69 Å². The molecule has 0 radical (unpaired) electrons. The van der Waals surface area contributed by atoms with Gasteiger partial charge >= 0.3 is 0 Å². The van der Waals surface area contributed by atoms with Crippen LogP contribution in [0.25, 0.3) is 11.4 Å². The smallest absolute Gasteiger partial charge is 0.251 e. The SMILES string of the molecule is CN(Cc1ccoc1)Cc1cccc(-c2nc(C3CCOC3)cc(=O)[nH]2)c1. The molecule has 6 heteroatoms. The monoisotopic (exact) mass is 365 g/mol. The van der Waals surface area contributed by atoms with E-state index in [1.54, 1.807) is 18.6 Å². The summed E-state index contributed by atoms with van der Waals surface area (Å²) in [6, 6.07) is 11.7. The van der Waals surface area contributed by atoms with Crippen LogP contribution in [-0.2, 0) is 17.8 Å². The maximum absolute atomic E-state index is 12.1. The molecule has 0 saturated carbocycles. The van der Waals surface area contributed by atoms with Gasteiger partial charge in [0.05, 0.1) is 24.8 Å². The topological polar surface area (TPSA) is 71.4 Å². The Bertz CT molecular complexity index is 943. The zero-order valence-electron chi connectivity index (χ0n) is 15.4. The van der Waals surface area contributed by atoms with Crippen LogP contribution in [-0.4, -0.2) is 35.1 Å². The molecule has 1 aromatic carbocycles. The van der Waals surface area contributed by atoms with Crippen LogP contribution in [0.4, 0.5) is 0 Å². The van der Waals surface area contributed by atoms with E-state index in [2.05, 4.69) is 29.1 Å². The number of H-pyrrole nitrogens is 1. The minimum absolute atomic E-state index is 0.121. The molecule has 0 bridgehead atoms. The molecule has 1 N–H and O–H groups in total. The largest absolute Gasteiger partial charge is 0.472 e. The Morgan fingerprint density at radius 3 is 2.89 bits per heavy atom. The van der Waals surface area contributed by atoms with Gasteiger partial charge < -0.3 is 14.1 Å². The van der Waals surface area contributed by atoms with E-state index in [4.69, 9.17) is 14.1 Å². The molecule has 1 aliphatic rings. The van der Waals surface area contributed by atoms with Crippen LogP contribution in [0.5, 0.6) is 0 Å². The number of hydrogen-bond donors (Lipinski definition) is 1.